The third-order valence-electron chi connectivity index (χ3n) is 5.44. The molecule has 0 spiro atoms. The number of nitrogens with one attached hydrogen (secondary N) is 1. The first-order valence-corrected chi connectivity index (χ1v) is 12.4. The summed E-state index contributed by atoms with van der Waals surface area (Å²) in [6.07, 6.45) is 1.30. The van der Waals surface area contributed by atoms with E-state index in [1.807, 2.05) is 32.9 Å². The molecular formula is C25H29FN4O4S. The van der Waals surface area contributed by atoms with Crippen molar-refractivity contribution < 1.29 is 23.5 Å². The Morgan fingerprint density at radius 1 is 1.26 bits per heavy atom. The summed E-state index contributed by atoms with van der Waals surface area (Å²) < 4.78 is 25.2. The van der Waals surface area contributed by atoms with Gasteiger partial charge in [-0.25, -0.2) is 14.0 Å². The lowest BCUT2D eigenvalue weighted by atomic mass is 10.1. The molecule has 1 atom stereocenters. The van der Waals surface area contributed by atoms with Gasteiger partial charge in [0.25, 0.3) is 0 Å². The highest BCUT2D eigenvalue weighted by atomic mass is 32.1. The highest BCUT2D eigenvalue weighted by molar-refractivity contribution is 7.22. The SMILES string of the molecule is CCOC(=O)c1nnc(N[C@H]2CCCN(C(=O)OC(C)(C)C)C2)c2cc(-c3cccc(F)c3)sc12. The molecule has 1 aliphatic rings. The summed E-state index contributed by atoms with van der Waals surface area (Å²) in [7, 11) is 0. The molecule has 35 heavy (non-hydrogen) atoms. The molecule has 4 rings (SSSR count). The van der Waals surface area contributed by atoms with Crippen LogP contribution in [-0.2, 0) is 9.47 Å². The Labute approximate surface area is 207 Å². The minimum absolute atomic E-state index is 0.0697. The molecule has 1 aromatic carbocycles. The molecule has 0 unspecified atom stereocenters. The van der Waals surface area contributed by atoms with Crippen molar-refractivity contribution in [3.05, 3.63) is 41.8 Å². The van der Waals surface area contributed by atoms with E-state index in [-0.39, 0.29) is 30.3 Å². The number of benzene rings is 1. The molecule has 10 heteroatoms. The largest absolute Gasteiger partial charge is 0.461 e. The van der Waals surface area contributed by atoms with Gasteiger partial charge in [-0.2, -0.15) is 0 Å². The van der Waals surface area contributed by atoms with E-state index in [1.54, 1.807) is 17.9 Å². The van der Waals surface area contributed by atoms with Gasteiger partial charge < -0.3 is 19.7 Å². The number of ether oxygens (including phenoxy) is 2. The van der Waals surface area contributed by atoms with Crippen LogP contribution in [0.3, 0.4) is 0 Å². The average molecular weight is 501 g/mol. The van der Waals surface area contributed by atoms with Gasteiger partial charge in [0.15, 0.2) is 11.5 Å². The molecule has 1 aliphatic heterocycles. The number of nitrogens with zero attached hydrogens (tertiary/aromatic N) is 3. The van der Waals surface area contributed by atoms with Crippen LogP contribution in [0.25, 0.3) is 20.5 Å². The van der Waals surface area contributed by atoms with Crippen molar-refractivity contribution in [3.63, 3.8) is 0 Å². The summed E-state index contributed by atoms with van der Waals surface area (Å²) in [5.74, 6) is -0.398. The van der Waals surface area contributed by atoms with Crippen molar-refractivity contribution in [3.8, 4) is 10.4 Å². The number of fused-ring (bicyclic) bond motifs is 1. The Morgan fingerprint density at radius 3 is 2.77 bits per heavy atom. The maximum absolute atomic E-state index is 13.9. The smallest absolute Gasteiger partial charge is 0.410 e. The number of likely N-dealkylation sites (tertiary alicyclic amines) is 1. The molecule has 0 saturated carbocycles. The lowest BCUT2D eigenvalue weighted by molar-refractivity contribution is 0.0206. The number of hydrogen-bond acceptors (Lipinski definition) is 8. The van der Waals surface area contributed by atoms with Gasteiger partial charge in [-0.05, 0) is 64.3 Å². The summed E-state index contributed by atoms with van der Waals surface area (Å²) in [6.45, 7) is 8.55. The van der Waals surface area contributed by atoms with E-state index >= 15 is 0 Å². The van der Waals surface area contributed by atoms with Gasteiger partial charge in [0.2, 0.25) is 0 Å². The molecule has 8 nitrogen and oxygen atoms in total. The first-order valence-electron chi connectivity index (χ1n) is 11.6. The predicted molar refractivity (Wildman–Crippen MR) is 133 cm³/mol. The molecule has 1 saturated heterocycles. The van der Waals surface area contributed by atoms with Crippen LogP contribution in [0.2, 0.25) is 0 Å². The normalized spacial score (nSPS) is 16.3. The van der Waals surface area contributed by atoms with Crippen LogP contribution in [0, 0.1) is 5.82 Å². The molecule has 0 bridgehead atoms. The van der Waals surface area contributed by atoms with Crippen LogP contribution in [0.15, 0.2) is 30.3 Å². The molecule has 2 aromatic heterocycles. The number of thiophene rings is 1. The second-order valence-corrected chi connectivity index (χ2v) is 10.4. The number of carbonyl (C=O) groups is 2. The zero-order valence-corrected chi connectivity index (χ0v) is 21.1. The van der Waals surface area contributed by atoms with Crippen LogP contribution >= 0.6 is 11.3 Å². The van der Waals surface area contributed by atoms with E-state index in [4.69, 9.17) is 9.47 Å². The van der Waals surface area contributed by atoms with Crippen molar-refractivity contribution in [2.45, 2.75) is 52.2 Å². The van der Waals surface area contributed by atoms with Crippen LogP contribution in [-0.4, -0.2) is 58.5 Å². The number of aromatic nitrogens is 2. The quantitative estimate of drug-likeness (QED) is 0.463. The van der Waals surface area contributed by atoms with Gasteiger partial charge in [0, 0.05) is 29.4 Å². The van der Waals surface area contributed by atoms with Crippen molar-refractivity contribution in [1.82, 2.24) is 15.1 Å². The van der Waals surface area contributed by atoms with Crippen LogP contribution in [0.4, 0.5) is 15.0 Å². The molecule has 1 amide bonds. The topological polar surface area (TPSA) is 93.6 Å². The zero-order valence-electron chi connectivity index (χ0n) is 20.3. The Balaban J connectivity index is 1.65. The number of rotatable bonds is 5. The Hall–Kier alpha value is -3.27. The minimum atomic E-state index is -0.567. The molecule has 3 heterocycles. The van der Waals surface area contributed by atoms with Gasteiger partial charge in [0.05, 0.1) is 11.3 Å². The van der Waals surface area contributed by atoms with Crippen molar-refractivity contribution >= 4 is 39.3 Å². The maximum Gasteiger partial charge on any atom is 0.410 e. The molecule has 0 radical (unpaired) electrons. The van der Waals surface area contributed by atoms with Gasteiger partial charge in [-0.3, -0.25) is 0 Å². The first kappa shape index (κ1) is 24.8. The molecular weight excluding hydrogens is 471 g/mol. The van der Waals surface area contributed by atoms with E-state index in [9.17, 15) is 14.0 Å². The second kappa shape index (κ2) is 10.2. The number of piperidine rings is 1. The number of hydrogen-bond donors (Lipinski definition) is 1. The van der Waals surface area contributed by atoms with Crippen LogP contribution < -0.4 is 5.32 Å². The van der Waals surface area contributed by atoms with Crippen molar-refractivity contribution in [2.75, 3.05) is 25.0 Å². The monoisotopic (exact) mass is 500 g/mol. The van der Waals surface area contributed by atoms with Crippen LogP contribution in [0.5, 0.6) is 0 Å². The van der Waals surface area contributed by atoms with E-state index in [0.717, 1.165) is 17.7 Å². The number of halogens is 1. The number of anilines is 1. The Bertz CT molecular complexity index is 1240. The van der Waals surface area contributed by atoms with Gasteiger partial charge in [-0.1, -0.05) is 12.1 Å². The van der Waals surface area contributed by atoms with E-state index < -0.39 is 11.6 Å². The first-order chi connectivity index (χ1) is 16.6. The second-order valence-electron chi connectivity index (χ2n) is 9.39. The molecule has 3 aromatic rings. The molecule has 186 valence electrons. The van der Waals surface area contributed by atoms with E-state index in [2.05, 4.69) is 15.5 Å². The number of esters is 1. The summed E-state index contributed by atoms with van der Waals surface area (Å²) in [5, 5.41) is 12.6. The highest BCUT2D eigenvalue weighted by Gasteiger charge is 2.29. The van der Waals surface area contributed by atoms with Gasteiger partial charge in [-0.15, -0.1) is 21.5 Å². The summed E-state index contributed by atoms with van der Waals surface area (Å²) >= 11 is 1.33. The standard InChI is InChI=1S/C25H29FN4O4S/c1-5-33-23(31)20-21-18(13-19(35-21)15-8-6-9-16(26)12-15)22(29-28-20)27-17-10-7-11-30(14-17)24(32)34-25(2,3)4/h6,8-9,12-13,17H,5,7,10-11,14H2,1-4H3,(H,27,29)/t17-/m0/s1. The lowest BCUT2D eigenvalue weighted by Gasteiger charge is -2.34. The fourth-order valence-corrected chi connectivity index (χ4v) is 5.07. The number of carbonyl (C=O) groups excluding carboxylic acids is 2. The minimum Gasteiger partial charge on any atom is -0.461 e. The highest BCUT2D eigenvalue weighted by Crippen LogP contribution is 2.38. The Morgan fingerprint density at radius 2 is 2.06 bits per heavy atom. The zero-order chi connectivity index (χ0) is 25.2. The van der Waals surface area contributed by atoms with Crippen LogP contribution in [0.1, 0.15) is 51.0 Å². The maximum atomic E-state index is 13.9. The predicted octanol–water partition coefficient (Wildman–Crippen LogP) is 5.49. The summed E-state index contributed by atoms with van der Waals surface area (Å²) in [4.78, 5) is 27.6. The summed E-state index contributed by atoms with van der Waals surface area (Å²) in [5.41, 5.74) is 0.252. The third kappa shape index (κ3) is 5.87. The number of amides is 1. The molecule has 1 fully saturated rings. The average Bonchev–Trinajstić information content (AvgIpc) is 3.24. The lowest BCUT2D eigenvalue weighted by Crippen LogP contribution is -2.47. The molecule has 1 N–H and O–H groups in total. The van der Waals surface area contributed by atoms with E-state index in [1.165, 1.54) is 23.5 Å². The van der Waals surface area contributed by atoms with Gasteiger partial charge in [0.1, 0.15) is 11.4 Å². The Kier molecular flexibility index (Phi) is 7.20. The third-order valence-corrected chi connectivity index (χ3v) is 6.63. The summed E-state index contributed by atoms with van der Waals surface area (Å²) in [6, 6.07) is 8.09. The fraction of sp³-hybridized carbons (Fsp3) is 0.440. The van der Waals surface area contributed by atoms with Gasteiger partial charge >= 0.3 is 12.1 Å². The van der Waals surface area contributed by atoms with E-state index in [0.29, 0.717) is 34.6 Å². The molecule has 0 aliphatic carbocycles. The fourth-order valence-electron chi connectivity index (χ4n) is 3.95. The van der Waals surface area contributed by atoms with Crippen molar-refractivity contribution in [2.24, 2.45) is 0 Å². The van der Waals surface area contributed by atoms with Crippen molar-refractivity contribution in [1.29, 1.82) is 0 Å².